The summed E-state index contributed by atoms with van der Waals surface area (Å²) in [6.07, 6.45) is 0. The van der Waals surface area contributed by atoms with E-state index in [0.29, 0.717) is 30.2 Å². The van der Waals surface area contributed by atoms with Gasteiger partial charge in [0.05, 0.1) is 6.61 Å². The van der Waals surface area contributed by atoms with Gasteiger partial charge in [-0.2, -0.15) is 14.8 Å². The molecule has 7 nitrogen and oxygen atoms in total. The van der Waals surface area contributed by atoms with Crippen LogP contribution in [-0.4, -0.2) is 39.4 Å². The van der Waals surface area contributed by atoms with Gasteiger partial charge in [0, 0.05) is 13.1 Å². The quantitative estimate of drug-likeness (QED) is 0.808. The lowest BCUT2D eigenvalue weighted by Crippen LogP contribution is -2.27. The zero-order chi connectivity index (χ0) is 14.0. The van der Waals surface area contributed by atoms with Crippen LogP contribution in [0.5, 0.6) is 0 Å². The Morgan fingerprint density at radius 1 is 1.63 bits per heavy atom. The molecular formula is C12H15N5O2. The maximum atomic E-state index is 12.1. The highest BCUT2D eigenvalue weighted by Gasteiger charge is 2.14. The highest BCUT2D eigenvalue weighted by molar-refractivity contribution is 5.50. The summed E-state index contributed by atoms with van der Waals surface area (Å²) in [5, 5.41) is 20.8. The van der Waals surface area contributed by atoms with Crippen LogP contribution in [0.2, 0.25) is 0 Å². The number of rotatable bonds is 4. The zero-order valence-electron chi connectivity index (χ0n) is 10.8. The van der Waals surface area contributed by atoms with Gasteiger partial charge in [-0.05, 0) is 25.5 Å². The monoisotopic (exact) mass is 261 g/mol. The number of aromatic nitrogens is 3. The minimum atomic E-state index is -0.406. The average Bonchev–Trinajstić information content (AvgIpc) is 2.80. The van der Waals surface area contributed by atoms with E-state index in [0.717, 1.165) is 0 Å². The maximum absolute atomic E-state index is 12.1. The van der Waals surface area contributed by atoms with Crippen molar-refractivity contribution in [1.82, 2.24) is 14.6 Å². The van der Waals surface area contributed by atoms with Gasteiger partial charge in [0.2, 0.25) is 5.95 Å². The Labute approximate surface area is 109 Å². The molecule has 0 aromatic carbocycles. The molecule has 0 fully saturated rings. The van der Waals surface area contributed by atoms with Gasteiger partial charge in [-0.25, -0.2) is 0 Å². The average molecular weight is 261 g/mol. The molecule has 0 aliphatic rings. The molecule has 0 unspecified atom stereocenters. The van der Waals surface area contributed by atoms with E-state index in [4.69, 9.17) is 10.4 Å². The normalized spacial score (nSPS) is 10.6. The van der Waals surface area contributed by atoms with Crippen molar-refractivity contribution in [2.45, 2.75) is 13.8 Å². The van der Waals surface area contributed by atoms with E-state index in [1.165, 1.54) is 4.52 Å². The summed E-state index contributed by atoms with van der Waals surface area (Å²) < 4.78 is 1.25. The Bertz CT molecular complexity index is 694. The first-order valence-electron chi connectivity index (χ1n) is 6.00. The third kappa shape index (κ3) is 2.18. The minimum Gasteiger partial charge on any atom is -0.395 e. The number of hydrogen-bond donors (Lipinski definition) is 2. The van der Waals surface area contributed by atoms with Crippen molar-refractivity contribution in [2.75, 3.05) is 24.6 Å². The SMILES string of the molecule is CCN(CCO)c1nc2cc(C)c(C#N)c(=O)n2[nH]1. The second-order valence-electron chi connectivity index (χ2n) is 4.16. The van der Waals surface area contributed by atoms with Crippen molar-refractivity contribution in [3.63, 3.8) is 0 Å². The van der Waals surface area contributed by atoms with E-state index in [1.807, 2.05) is 17.9 Å². The number of pyridine rings is 1. The minimum absolute atomic E-state index is 0.00224. The number of hydrogen-bond acceptors (Lipinski definition) is 5. The summed E-state index contributed by atoms with van der Waals surface area (Å²) in [7, 11) is 0. The Balaban J connectivity index is 2.61. The number of likely N-dealkylation sites (N-methyl/N-ethyl adjacent to an activating group) is 1. The number of nitriles is 1. The molecule has 0 bridgehead atoms. The third-order valence-corrected chi connectivity index (χ3v) is 2.98. The Morgan fingerprint density at radius 2 is 2.37 bits per heavy atom. The van der Waals surface area contributed by atoms with E-state index >= 15 is 0 Å². The molecule has 19 heavy (non-hydrogen) atoms. The molecule has 0 saturated heterocycles. The molecule has 0 radical (unpaired) electrons. The fourth-order valence-corrected chi connectivity index (χ4v) is 1.95. The van der Waals surface area contributed by atoms with Crippen molar-refractivity contribution in [3.05, 3.63) is 27.5 Å². The van der Waals surface area contributed by atoms with Crippen LogP contribution in [0.1, 0.15) is 18.1 Å². The molecule has 0 spiro atoms. The van der Waals surface area contributed by atoms with Crippen LogP contribution in [0, 0.1) is 18.3 Å². The molecule has 2 heterocycles. The third-order valence-electron chi connectivity index (χ3n) is 2.98. The van der Waals surface area contributed by atoms with Crippen molar-refractivity contribution < 1.29 is 5.11 Å². The lowest BCUT2D eigenvalue weighted by Gasteiger charge is -2.17. The molecule has 0 aliphatic carbocycles. The molecule has 2 rings (SSSR count). The Kier molecular flexibility index (Phi) is 3.53. The van der Waals surface area contributed by atoms with Crippen LogP contribution in [0.4, 0.5) is 5.95 Å². The lowest BCUT2D eigenvalue weighted by atomic mass is 10.2. The molecule has 0 atom stereocenters. The number of fused-ring (bicyclic) bond motifs is 1. The van der Waals surface area contributed by atoms with E-state index in [9.17, 15) is 4.79 Å². The summed E-state index contributed by atoms with van der Waals surface area (Å²) in [5.74, 6) is 0.503. The van der Waals surface area contributed by atoms with E-state index in [1.54, 1.807) is 13.0 Å². The number of anilines is 1. The standard InChI is InChI=1S/C12H15N5O2/c1-3-16(4-5-18)12-14-10-6-8(2)9(7-13)11(19)17(10)15-12/h6,18H,3-5H2,1-2H3,(H,14,15). The van der Waals surface area contributed by atoms with Crippen molar-refractivity contribution in [2.24, 2.45) is 0 Å². The molecule has 7 heteroatoms. The zero-order valence-corrected chi connectivity index (χ0v) is 10.8. The maximum Gasteiger partial charge on any atom is 0.289 e. The first-order valence-corrected chi connectivity index (χ1v) is 6.00. The van der Waals surface area contributed by atoms with E-state index in [2.05, 4.69) is 10.1 Å². The van der Waals surface area contributed by atoms with E-state index < -0.39 is 5.56 Å². The van der Waals surface area contributed by atoms with Crippen LogP contribution >= 0.6 is 0 Å². The smallest absolute Gasteiger partial charge is 0.289 e. The van der Waals surface area contributed by atoms with Crippen LogP contribution in [-0.2, 0) is 0 Å². The second-order valence-corrected chi connectivity index (χ2v) is 4.16. The number of aliphatic hydroxyl groups excluding tert-OH is 1. The first-order chi connectivity index (χ1) is 9.12. The molecule has 0 saturated carbocycles. The fourth-order valence-electron chi connectivity index (χ4n) is 1.95. The summed E-state index contributed by atoms with van der Waals surface area (Å²) >= 11 is 0. The van der Waals surface area contributed by atoms with Gasteiger partial charge < -0.3 is 10.0 Å². The van der Waals surface area contributed by atoms with Crippen LogP contribution in [0.15, 0.2) is 10.9 Å². The largest absolute Gasteiger partial charge is 0.395 e. The van der Waals surface area contributed by atoms with Gasteiger partial charge in [0.25, 0.3) is 5.56 Å². The summed E-state index contributed by atoms with van der Waals surface area (Å²) in [5.41, 5.74) is 0.776. The van der Waals surface area contributed by atoms with Gasteiger partial charge in [-0.3, -0.25) is 9.89 Å². The molecule has 0 amide bonds. The number of aliphatic hydroxyl groups is 1. The highest BCUT2D eigenvalue weighted by atomic mass is 16.3. The van der Waals surface area contributed by atoms with Gasteiger partial charge in [-0.15, -0.1) is 0 Å². The van der Waals surface area contributed by atoms with Crippen LogP contribution in [0.3, 0.4) is 0 Å². The summed E-state index contributed by atoms with van der Waals surface area (Å²) in [6, 6.07) is 3.59. The summed E-state index contributed by atoms with van der Waals surface area (Å²) in [6.45, 7) is 4.72. The van der Waals surface area contributed by atoms with Crippen molar-refractivity contribution >= 4 is 11.6 Å². The van der Waals surface area contributed by atoms with Crippen LogP contribution in [0.25, 0.3) is 5.65 Å². The van der Waals surface area contributed by atoms with Gasteiger partial charge in [-0.1, -0.05) is 0 Å². The van der Waals surface area contributed by atoms with Gasteiger partial charge in [0.1, 0.15) is 11.6 Å². The second kappa shape index (κ2) is 5.12. The predicted octanol–water partition coefficient (Wildman–Crippen LogP) is 0.0213. The molecular weight excluding hydrogens is 246 g/mol. The van der Waals surface area contributed by atoms with Crippen LogP contribution < -0.4 is 10.5 Å². The number of aromatic amines is 1. The number of nitrogens with zero attached hydrogens (tertiary/aromatic N) is 4. The fraction of sp³-hybridized carbons (Fsp3) is 0.417. The molecule has 2 N–H and O–H groups in total. The van der Waals surface area contributed by atoms with Gasteiger partial charge in [0.15, 0.2) is 5.65 Å². The Hall–Kier alpha value is -2.33. The molecule has 2 aromatic heterocycles. The molecule has 2 aromatic rings. The predicted molar refractivity (Wildman–Crippen MR) is 70.2 cm³/mol. The molecule has 0 aliphatic heterocycles. The lowest BCUT2D eigenvalue weighted by molar-refractivity contribution is 0.302. The summed E-state index contributed by atoms with van der Waals surface area (Å²) in [4.78, 5) is 18.2. The van der Waals surface area contributed by atoms with E-state index in [-0.39, 0.29) is 12.2 Å². The topological polar surface area (TPSA) is 97.4 Å². The van der Waals surface area contributed by atoms with Crippen molar-refractivity contribution in [1.29, 1.82) is 5.26 Å². The molecule has 100 valence electrons. The van der Waals surface area contributed by atoms with Crippen molar-refractivity contribution in [3.8, 4) is 6.07 Å². The van der Waals surface area contributed by atoms with Gasteiger partial charge >= 0.3 is 0 Å². The first kappa shape index (κ1) is 13.1. The highest BCUT2D eigenvalue weighted by Crippen LogP contribution is 2.11. The Morgan fingerprint density at radius 3 is 2.95 bits per heavy atom. The number of nitrogens with one attached hydrogen (secondary N) is 1. The number of H-pyrrole nitrogens is 1. The number of aryl methyl sites for hydroxylation is 1.